The maximum absolute atomic E-state index is 12.4. The summed E-state index contributed by atoms with van der Waals surface area (Å²) in [5.74, 6) is 1.20. The van der Waals surface area contributed by atoms with Gasteiger partial charge in [0, 0.05) is 11.3 Å². The Morgan fingerprint density at radius 1 is 1.18 bits per heavy atom. The molecule has 0 fully saturated rings. The van der Waals surface area contributed by atoms with Crippen LogP contribution in [-0.2, 0) is 5.75 Å². The molecule has 3 aromatic rings. The average Bonchev–Trinajstić information content (AvgIpc) is 3.14. The highest BCUT2D eigenvalue weighted by atomic mass is 32.2. The molecule has 142 valence electrons. The van der Waals surface area contributed by atoms with Gasteiger partial charge in [-0.3, -0.25) is 10.1 Å². The second kappa shape index (κ2) is 9.35. The highest BCUT2D eigenvalue weighted by molar-refractivity contribution is 8.00. The van der Waals surface area contributed by atoms with Gasteiger partial charge < -0.3 is 4.74 Å². The van der Waals surface area contributed by atoms with Crippen LogP contribution in [-0.4, -0.2) is 22.2 Å². The van der Waals surface area contributed by atoms with E-state index in [0.717, 1.165) is 15.7 Å². The highest BCUT2D eigenvalue weighted by Gasteiger charge is 2.11. The number of amides is 1. The Morgan fingerprint density at radius 2 is 1.89 bits per heavy atom. The van der Waals surface area contributed by atoms with E-state index in [1.807, 2.05) is 26.0 Å². The summed E-state index contributed by atoms with van der Waals surface area (Å²) in [5.41, 5.74) is 2.25. The second-order valence-electron chi connectivity index (χ2n) is 6.12. The quantitative estimate of drug-likeness (QED) is 0.447. The minimum Gasteiger partial charge on any atom is -0.491 e. The van der Waals surface area contributed by atoms with Gasteiger partial charge in [0.25, 0.3) is 5.91 Å². The molecule has 0 aliphatic carbocycles. The third kappa shape index (κ3) is 5.55. The first-order valence-corrected chi connectivity index (χ1v) is 10.4. The van der Waals surface area contributed by atoms with Crippen molar-refractivity contribution in [2.45, 2.75) is 30.0 Å². The molecule has 0 atom stereocenters. The summed E-state index contributed by atoms with van der Waals surface area (Å²) in [5, 5.41) is 20.2. The lowest BCUT2D eigenvalue weighted by molar-refractivity contribution is 0.102. The number of carbonyl (C=O) groups excluding carboxylic acids is 1. The maximum atomic E-state index is 12.4. The van der Waals surface area contributed by atoms with Gasteiger partial charge in [-0.25, -0.2) is 0 Å². The molecule has 0 aliphatic heterocycles. The Balaban J connectivity index is 1.54. The molecule has 1 N–H and O–H groups in total. The summed E-state index contributed by atoms with van der Waals surface area (Å²) in [7, 11) is 0. The van der Waals surface area contributed by atoms with E-state index in [2.05, 4.69) is 21.6 Å². The summed E-state index contributed by atoms with van der Waals surface area (Å²) >= 11 is 2.86. The van der Waals surface area contributed by atoms with Crippen molar-refractivity contribution in [1.82, 2.24) is 10.2 Å². The molecule has 0 aliphatic rings. The molecule has 3 rings (SSSR count). The van der Waals surface area contributed by atoms with Crippen molar-refractivity contribution in [3.63, 3.8) is 0 Å². The summed E-state index contributed by atoms with van der Waals surface area (Å²) < 4.78 is 6.34. The first kappa shape index (κ1) is 19.9. The molecule has 8 heteroatoms. The standard InChI is InChI=1S/C20H18N4O2S2/c1-13(2)26-17-9-7-16(8-10-17)18(25)22-19-23-24-20(28-19)27-12-15-5-3-14(11-21)4-6-15/h3-10,13H,12H2,1-2H3,(H,22,23,25). The number of rotatable bonds is 7. The predicted molar refractivity (Wildman–Crippen MR) is 111 cm³/mol. The summed E-state index contributed by atoms with van der Waals surface area (Å²) in [6.45, 7) is 3.90. The van der Waals surface area contributed by atoms with Gasteiger partial charge in [0.1, 0.15) is 5.75 Å². The van der Waals surface area contributed by atoms with E-state index in [1.165, 1.54) is 23.1 Å². The topological polar surface area (TPSA) is 87.9 Å². The summed E-state index contributed by atoms with van der Waals surface area (Å²) in [6.07, 6.45) is 0.0845. The zero-order valence-electron chi connectivity index (χ0n) is 15.4. The number of nitrogens with zero attached hydrogens (tertiary/aromatic N) is 3. The van der Waals surface area contributed by atoms with Gasteiger partial charge in [0.05, 0.1) is 17.7 Å². The molecule has 6 nitrogen and oxygen atoms in total. The number of carbonyl (C=O) groups is 1. The molecule has 1 amide bonds. The average molecular weight is 411 g/mol. The van der Waals surface area contributed by atoms with Gasteiger partial charge in [0.2, 0.25) is 5.13 Å². The van der Waals surface area contributed by atoms with Gasteiger partial charge in [-0.05, 0) is 55.8 Å². The molecule has 0 unspecified atom stereocenters. The Labute approximate surface area is 171 Å². The van der Waals surface area contributed by atoms with Crippen LogP contribution in [0, 0.1) is 11.3 Å². The fourth-order valence-corrected chi connectivity index (χ4v) is 3.97. The molecule has 0 saturated heterocycles. The van der Waals surface area contributed by atoms with Crippen LogP contribution in [0.3, 0.4) is 0 Å². The Bertz CT molecular complexity index is 977. The zero-order chi connectivity index (χ0) is 19.9. The van der Waals surface area contributed by atoms with Crippen molar-refractivity contribution < 1.29 is 9.53 Å². The minimum absolute atomic E-state index is 0.0845. The molecule has 2 aromatic carbocycles. The highest BCUT2D eigenvalue weighted by Crippen LogP contribution is 2.28. The molecular formula is C20H18N4O2S2. The van der Waals surface area contributed by atoms with E-state index in [0.29, 0.717) is 22.0 Å². The van der Waals surface area contributed by atoms with Crippen LogP contribution in [0.2, 0.25) is 0 Å². The molecule has 1 aromatic heterocycles. The third-order valence-electron chi connectivity index (χ3n) is 3.56. The van der Waals surface area contributed by atoms with Crippen LogP contribution in [0.1, 0.15) is 35.3 Å². The number of hydrogen-bond acceptors (Lipinski definition) is 7. The Kier molecular flexibility index (Phi) is 6.63. The van der Waals surface area contributed by atoms with Crippen LogP contribution in [0.4, 0.5) is 5.13 Å². The number of ether oxygens (including phenoxy) is 1. The van der Waals surface area contributed by atoms with Gasteiger partial charge in [-0.2, -0.15) is 5.26 Å². The van der Waals surface area contributed by atoms with Crippen molar-refractivity contribution in [2.24, 2.45) is 0 Å². The number of thioether (sulfide) groups is 1. The third-order valence-corrected chi connectivity index (χ3v) is 5.60. The van der Waals surface area contributed by atoms with Crippen LogP contribution in [0.25, 0.3) is 0 Å². The van der Waals surface area contributed by atoms with E-state index in [-0.39, 0.29) is 12.0 Å². The number of nitriles is 1. The van der Waals surface area contributed by atoms with Gasteiger partial charge in [-0.1, -0.05) is 35.2 Å². The van der Waals surface area contributed by atoms with E-state index in [1.54, 1.807) is 36.4 Å². The van der Waals surface area contributed by atoms with Crippen LogP contribution in [0.5, 0.6) is 5.75 Å². The van der Waals surface area contributed by atoms with Crippen LogP contribution < -0.4 is 10.1 Å². The van der Waals surface area contributed by atoms with Crippen LogP contribution >= 0.6 is 23.1 Å². The molecular weight excluding hydrogens is 392 g/mol. The monoisotopic (exact) mass is 410 g/mol. The largest absolute Gasteiger partial charge is 0.491 e. The lowest BCUT2D eigenvalue weighted by Gasteiger charge is -2.09. The zero-order valence-corrected chi connectivity index (χ0v) is 17.0. The lowest BCUT2D eigenvalue weighted by Crippen LogP contribution is -2.12. The van der Waals surface area contributed by atoms with Gasteiger partial charge in [-0.15, -0.1) is 10.2 Å². The number of benzene rings is 2. The normalized spacial score (nSPS) is 10.5. The number of nitrogens with one attached hydrogen (secondary N) is 1. The first-order valence-electron chi connectivity index (χ1n) is 8.57. The fourth-order valence-electron chi connectivity index (χ4n) is 2.27. The predicted octanol–water partition coefficient (Wildman–Crippen LogP) is 4.74. The Morgan fingerprint density at radius 3 is 2.54 bits per heavy atom. The Hall–Kier alpha value is -2.89. The fraction of sp³-hybridized carbons (Fsp3) is 0.200. The minimum atomic E-state index is -0.240. The molecule has 1 heterocycles. The van der Waals surface area contributed by atoms with Crippen LogP contribution in [0.15, 0.2) is 52.9 Å². The molecule has 0 saturated carbocycles. The summed E-state index contributed by atoms with van der Waals surface area (Å²) in [6, 6.07) is 16.5. The van der Waals surface area contributed by atoms with Crippen molar-refractivity contribution >= 4 is 34.1 Å². The van der Waals surface area contributed by atoms with E-state index < -0.39 is 0 Å². The second-order valence-corrected chi connectivity index (χ2v) is 8.32. The van der Waals surface area contributed by atoms with Gasteiger partial charge in [0.15, 0.2) is 4.34 Å². The van der Waals surface area contributed by atoms with Gasteiger partial charge >= 0.3 is 0 Å². The lowest BCUT2D eigenvalue weighted by atomic mass is 10.2. The number of anilines is 1. The summed E-state index contributed by atoms with van der Waals surface area (Å²) in [4.78, 5) is 12.4. The number of hydrogen-bond donors (Lipinski definition) is 1. The molecule has 0 spiro atoms. The van der Waals surface area contributed by atoms with E-state index >= 15 is 0 Å². The molecule has 0 radical (unpaired) electrons. The van der Waals surface area contributed by atoms with Crippen molar-refractivity contribution in [3.05, 3.63) is 65.2 Å². The molecule has 28 heavy (non-hydrogen) atoms. The first-order chi connectivity index (χ1) is 13.5. The van der Waals surface area contributed by atoms with Crippen molar-refractivity contribution in [3.8, 4) is 11.8 Å². The smallest absolute Gasteiger partial charge is 0.257 e. The van der Waals surface area contributed by atoms with Crippen molar-refractivity contribution in [2.75, 3.05) is 5.32 Å². The SMILES string of the molecule is CC(C)Oc1ccc(C(=O)Nc2nnc(SCc3ccc(C#N)cc3)s2)cc1. The van der Waals surface area contributed by atoms with E-state index in [9.17, 15) is 4.79 Å². The maximum Gasteiger partial charge on any atom is 0.257 e. The van der Waals surface area contributed by atoms with Crippen molar-refractivity contribution in [1.29, 1.82) is 5.26 Å². The van der Waals surface area contributed by atoms with E-state index in [4.69, 9.17) is 10.00 Å². The number of aromatic nitrogens is 2. The molecule has 0 bridgehead atoms.